The monoisotopic (exact) mass is 745 g/mol. The summed E-state index contributed by atoms with van der Waals surface area (Å²) in [5.41, 5.74) is 12.3. The molecule has 0 fully saturated rings. The van der Waals surface area contributed by atoms with E-state index in [1.807, 2.05) is 36.4 Å². The van der Waals surface area contributed by atoms with Crippen LogP contribution in [0, 0.1) is 0 Å². The molecule has 0 radical (unpaired) electrons. The number of rotatable bonds is 7. The summed E-state index contributed by atoms with van der Waals surface area (Å²) >= 11 is 0. The topological polar surface area (TPSA) is 55.9 Å². The van der Waals surface area contributed by atoms with E-state index >= 15 is 0 Å². The van der Waals surface area contributed by atoms with E-state index in [1.165, 1.54) is 21.9 Å². The van der Waals surface area contributed by atoms with Gasteiger partial charge in [0.25, 0.3) is 0 Å². The Morgan fingerprint density at radius 2 is 1.12 bits per heavy atom. The van der Waals surface area contributed by atoms with Crippen molar-refractivity contribution < 1.29 is 8.83 Å². The van der Waals surface area contributed by atoms with Gasteiger partial charge in [-0.15, -0.1) is 0 Å². The van der Waals surface area contributed by atoms with Gasteiger partial charge in [-0.25, -0.2) is 9.98 Å². The molecule has 0 N–H and O–H groups in total. The molecule has 11 rings (SSSR count). The number of para-hydroxylation sites is 4. The summed E-state index contributed by atoms with van der Waals surface area (Å²) in [5, 5.41) is 6.36. The van der Waals surface area contributed by atoms with Crippen LogP contribution >= 0.6 is 0 Å². The van der Waals surface area contributed by atoms with Crippen LogP contribution in [0.4, 0.5) is 0 Å². The second-order valence-corrected chi connectivity index (χ2v) is 14.5. The van der Waals surface area contributed by atoms with Crippen LogP contribution in [0.25, 0.3) is 88.2 Å². The van der Waals surface area contributed by atoms with E-state index in [0.717, 1.165) is 72.7 Å². The van der Waals surface area contributed by atoms with Gasteiger partial charge in [0, 0.05) is 43.6 Å². The Labute approximate surface area is 334 Å². The average molecular weight is 746 g/mol. The summed E-state index contributed by atoms with van der Waals surface area (Å²) in [7, 11) is 0. The molecule has 0 atom stereocenters. The highest BCUT2D eigenvalue weighted by Gasteiger charge is 2.21. The van der Waals surface area contributed by atoms with Gasteiger partial charge in [0.15, 0.2) is 17.0 Å². The maximum Gasteiger partial charge on any atom is 0.178 e. The van der Waals surface area contributed by atoms with E-state index in [9.17, 15) is 0 Å². The smallest absolute Gasteiger partial charge is 0.178 e. The minimum absolute atomic E-state index is 0.486. The van der Waals surface area contributed by atoms with E-state index in [4.69, 9.17) is 13.8 Å². The van der Waals surface area contributed by atoms with Crippen molar-refractivity contribution in [2.45, 2.75) is 6.42 Å². The first kappa shape index (κ1) is 33.6. The normalized spacial score (nSPS) is 12.5. The number of benzene rings is 8. The minimum Gasteiger partial charge on any atom is -0.451 e. The maximum absolute atomic E-state index is 6.90. The van der Waals surface area contributed by atoms with Crippen LogP contribution in [0.5, 0.6) is 0 Å². The third kappa shape index (κ3) is 5.47. The molecular formula is C53H35N3O2. The van der Waals surface area contributed by atoms with Gasteiger partial charge in [-0.05, 0) is 78.4 Å². The van der Waals surface area contributed by atoms with Crippen molar-refractivity contribution in [2.75, 3.05) is 0 Å². The van der Waals surface area contributed by atoms with Crippen LogP contribution in [0.3, 0.4) is 0 Å². The number of aliphatic imine (C=N–C) groups is 2. The first-order valence-corrected chi connectivity index (χ1v) is 19.5. The van der Waals surface area contributed by atoms with Gasteiger partial charge >= 0.3 is 0 Å². The number of aromatic nitrogens is 1. The number of furan rings is 2. The van der Waals surface area contributed by atoms with Crippen molar-refractivity contribution >= 4 is 83.9 Å². The third-order valence-corrected chi connectivity index (χ3v) is 11.2. The lowest BCUT2D eigenvalue weighted by molar-refractivity contribution is 0.633. The Bertz CT molecular complexity index is 3420. The Morgan fingerprint density at radius 1 is 0.517 bits per heavy atom. The summed E-state index contributed by atoms with van der Waals surface area (Å²) in [6, 6.07) is 63.2. The van der Waals surface area contributed by atoms with Gasteiger partial charge < -0.3 is 13.4 Å². The molecular weight excluding hydrogens is 711 g/mol. The third-order valence-electron chi connectivity index (χ3n) is 11.2. The largest absolute Gasteiger partial charge is 0.451 e. The van der Waals surface area contributed by atoms with Crippen LogP contribution < -0.4 is 0 Å². The van der Waals surface area contributed by atoms with Crippen LogP contribution in [-0.4, -0.2) is 17.1 Å². The zero-order chi connectivity index (χ0) is 38.6. The molecule has 3 heterocycles. The van der Waals surface area contributed by atoms with Crippen molar-refractivity contribution in [3.63, 3.8) is 0 Å². The van der Waals surface area contributed by atoms with Crippen molar-refractivity contribution in [2.24, 2.45) is 9.98 Å². The fourth-order valence-electron chi connectivity index (χ4n) is 8.47. The Hall–Kier alpha value is -7.76. The Morgan fingerprint density at radius 3 is 1.88 bits per heavy atom. The highest BCUT2D eigenvalue weighted by atomic mass is 16.4. The molecule has 5 nitrogen and oxygen atoms in total. The summed E-state index contributed by atoms with van der Waals surface area (Å²) < 4.78 is 16.1. The van der Waals surface area contributed by atoms with Gasteiger partial charge in [-0.1, -0.05) is 140 Å². The molecule has 3 aromatic heterocycles. The molecule has 0 bridgehead atoms. The van der Waals surface area contributed by atoms with Crippen LogP contribution in [0.15, 0.2) is 207 Å². The highest BCUT2D eigenvalue weighted by molar-refractivity contribution is 6.23. The van der Waals surface area contributed by atoms with Crippen LogP contribution in [-0.2, 0) is 6.42 Å². The number of hydrogen-bond acceptors (Lipinski definition) is 3. The molecule has 0 saturated carbocycles. The van der Waals surface area contributed by atoms with Gasteiger partial charge in [0.2, 0.25) is 0 Å². The molecule has 0 unspecified atom stereocenters. The second kappa shape index (κ2) is 13.8. The zero-order valence-corrected chi connectivity index (χ0v) is 31.5. The lowest BCUT2D eigenvalue weighted by atomic mass is 10.00. The molecule has 0 aliphatic heterocycles. The van der Waals surface area contributed by atoms with Gasteiger partial charge in [-0.3, -0.25) is 0 Å². The highest BCUT2D eigenvalue weighted by Crippen LogP contribution is 2.43. The van der Waals surface area contributed by atoms with Gasteiger partial charge in [0.05, 0.1) is 22.3 Å². The van der Waals surface area contributed by atoms with E-state index in [2.05, 4.69) is 168 Å². The summed E-state index contributed by atoms with van der Waals surface area (Å²) in [5.74, 6) is 0.486. The summed E-state index contributed by atoms with van der Waals surface area (Å²) in [6.45, 7) is 3.96. The van der Waals surface area contributed by atoms with Gasteiger partial charge in [-0.2, -0.15) is 0 Å². The van der Waals surface area contributed by atoms with Gasteiger partial charge in [0.1, 0.15) is 11.2 Å². The predicted molar refractivity (Wildman–Crippen MR) is 241 cm³/mol. The Balaban J connectivity index is 1.06. The first-order valence-electron chi connectivity index (χ1n) is 19.5. The van der Waals surface area contributed by atoms with Crippen LogP contribution in [0.2, 0.25) is 0 Å². The van der Waals surface area contributed by atoms with Crippen LogP contribution in [0.1, 0.15) is 16.7 Å². The molecule has 0 amide bonds. The summed E-state index contributed by atoms with van der Waals surface area (Å²) in [4.78, 5) is 9.61. The van der Waals surface area contributed by atoms with E-state index < -0.39 is 0 Å². The lowest BCUT2D eigenvalue weighted by Gasteiger charge is -2.08. The van der Waals surface area contributed by atoms with E-state index in [1.54, 1.807) is 0 Å². The van der Waals surface area contributed by atoms with E-state index in [0.29, 0.717) is 22.6 Å². The van der Waals surface area contributed by atoms with Crippen molar-refractivity contribution in [3.8, 4) is 16.8 Å². The van der Waals surface area contributed by atoms with Crippen molar-refractivity contribution in [1.82, 2.24) is 4.57 Å². The zero-order valence-electron chi connectivity index (χ0n) is 31.5. The lowest BCUT2D eigenvalue weighted by Crippen LogP contribution is -1.99. The second-order valence-electron chi connectivity index (χ2n) is 14.5. The number of nitrogens with zero attached hydrogens (tertiary/aromatic N) is 3. The summed E-state index contributed by atoms with van der Waals surface area (Å²) in [6.07, 6.45) is 2.87. The fourth-order valence-corrected chi connectivity index (χ4v) is 8.47. The molecule has 0 aliphatic carbocycles. The molecule has 11 aromatic rings. The molecule has 58 heavy (non-hydrogen) atoms. The quantitative estimate of drug-likeness (QED) is 0.120. The number of allylic oxidation sites excluding steroid dienone is 1. The standard InChI is InChI=1S/C53H35N3O2/c1-54-53(55-46(35-17-7-3-8-18-35)31-27-34-15-5-2-6-16-34)44-25-14-24-41-43-30-29-42-40-23-13-22-38(49(40)57-51(42)52(43)58-50(41)44)36-28-32-48-45(33-36)39-21-11-12-26-47(39)56(48)37-19-9-4-10-20-37/h2-26,28-33H,1,27H2/b46-31-,55-53?. The van der Waals surface area contributed by atoms with Crippen molar-refractivity contribution in [3.05, 3.63) is 205 Å². The van der Waals surface area contributed by atoms with E-state index in [-0.39, 0.29) is 0 Å². The van der Waals surface area contributed by atoms with Crippen molar-refractivity contribution in [1.29, 1.82) is 0 Å². The fraction of sp³-hybridized carbons (Fsp3) is 0.0189. The maximum atomic E-state index is 6.90. The molecule has 274 valence electrons. The molecule has 0 aliphatic rings. The molecule has 0 saturated heterocycles. The SMILES string of the molecule is C=NC(=N/C(=C\Cc1ccccc1)c1ccccc1)c1cccc2c1oc1c2ccc2c3cccc(-c4ccc5c(c4)c4ccccc4n5-c4ccccc4)c3oc21. The Kier molecular flexibility index (Phi) is 7.97. The average Bonchev–Trinajstić information content (AvgIpc) is 3.97. The number of hydrogen-bond donors (Lipinski definition) is 0. The predicted octanol–water partition coefficient (Wildman–Crippen LogP) is 14.0. The molecule has 0 spiro atoms. The molecule has 5 heteroatoms. The first-order chi connectivity index (χ1) is 28.7. The minimum atomic E-state index is 0.486. The number of fused-ring (bicyclic) bond motifs is 10. The molecule has 8 aromatic carbocycles. The number of amidine groups is 1.